The number of nitrogens with one attached hydrogen (secondary N) is 2. The molecule has 0 aromatic rings. The predicted molar refractivity (Wildman–Crippen MR) is 398 cm³/mol. The van der Waals surface area contributed by atoms with E-state index in [1.54, 1.807) is 0 Å². The second-order valence-corrected chi connectivity index (χ2v) is 28.5. The number of carbonyl (C=O) groups excluding carboxylic acids is 6. The summed E-state index contributed by atoms with van der Waals surface area (Å²) in [7, 11) is 0. The fraction of sp³-hybridized carbons (Fsp3) is 0.925. The minimum Gasteiger partial charge on any atom is -0.395 e. The lowest BCUT2D eigenvalue weighted by Gasteiger charge is -2.27. The number of unbranched alkanes of at least 4 members (excludes halogenated alkanes) is 44. The van der Waals surface area contributed by atoms with Gasteiger partial charge >= 0.3 is 0 Å². The van der Waals surface area contributed by atoms with Crippen LogP contribution in [0.4, 0.5) is 0 Å². The van der Waals surface area contributed by atoms with Crippen molar-refractivity contribution in [2.75, 3.05) is 105 Å². The molecule has 0 aliphatic carbocycles. The van der Waals surface area contributed by atoms with Gasteiger partial charge in [-0.15, -0.1) is 0 Å². The minimum absolute atomic E-state index is 0.0768. The summed E-state index contributed by atoms with van der Waals surface area (Å²) in [6.45, 7) is 13.9. The number of nitrogens with zero attached hydrogens (tertiary/aromatic N) is 4. The molecule has 0 aromatic carbocycles. The standard InChI is InChI=1S/C80H156N6O8/c1-5-9-13-17-21-25-29-33-37-41-45-49-53-75(89)71-85(72-76(90)54-50-46-42-38-34-30-26-22-18-14-10-6-2)63-59-81-79(93)57-61-83(67-69-87)65-66-84(68-70-88)62-58-80(94)82-60-64-86(73-77(91)55-51-47-43-39-35-31-27-23-19-15-11-7-3)74-78(92)56-52-48-44-40-36-32-28-24-20-16-12-8-4/h87-88H,5-74H2,1-4H3,(H,81,93)(H,82,94). The Morgan fingerprint density at radius 1 is 0.223 bits per heavy atom. The predicted octanol–water partition coefficient (Wildman–Crippen LogP) is 17.8. The lowest BCUT2D eigenvalue weighted by molar-refractivity contribution is -0.125. The highest BCUT2D eigenvalue weighted by atomic mass is 16.3. The van der Waals surface area contributed by atoms with Crippen LogP contribution in [0, 0.1) is 0 Å². The number of rotatable bonds is 79. The molecule has 0 atom stereocenters. The molecule has 0 spiro atoms. The van der Waals surface area contributed by atoms with E-state index in [1.165, 1.54) is 231 Å². The third-order valence-corrected chi connectivity index (χ3v) is 19.2. The Bertz CT molecular complexity index is 1500. The Hall–Kier alpha value is -2.62. The van der Waals surface area contributed by atoms with Gasteiger partial charge in [-0.3, -0.25) is 48.4 Å². The summed E-state index contributed by atoms with van der Waals surface area (Å²) in [6, 6.07) is 0. The van der Waals surface area contributed by atoms with E-state index >= 15 is 0 Å². The molecule has 0 aromatic heterocycles. The lowest BCUT2D eigenvalue weighted by Crippen LogP contribution is -2.42. The Morgan fingerprint density at radius 2 is 0.415 bits per heavy atom. The molecular weight excluding hydrogens is 1170 g/mol. The number of hydrogen-bond donors (Lipinski definition) is 4. The number of ketones is 4. The molecule has 0 bridgehead atoms. The van der Waals surface area contributed by atoms with Crippen LogP contribution in [0.5, 0.6) is 0 Å². The van der Waals surface area contributed by atoms with Gasteiger partial charge in [0, 0.05) is 104 Å². The van der Waals surface area contributed by atoms with Crippen LogP contribution in [0.2, 0.25) is 0 Å². The maximum absolute atomic E-state index is 13.3. The Kier molecular flexibility index (Phi) is 71.1. The fourth-order valence-electron chi connectivity index (χ4n) is 13.0. The van der Waals surface area contributed by atoms with Crippen LogP contribution in [0.3, 0.4) is 0 Å². The Balaban J connectivity index is 5.21. The molecule has 14 heteroatoms. The Labute approximate surface area is 580 Å². The summed E-state index contributed by atoms with van der Waals surface area (Å²) in [5, 5.41) is 26.0. The summed E-state index contributed by atoms with van der Waals surface area (Å²) in [4.78, 5) is 87.7. The van der Waals surface area contributed by atoms with Crippen LogP contribution < -0.4 is 10.6 Å². The van der Waals surface area contributed by atoms with Gasteiger partial charge < -0.3 is 20.8 Å². The second-order valence-electron chi connectivity index (χ2n) is 28.5. The quantitative estimate of drug-likeness (QED) is 0.0424. The first-order valence-corrected chi connectivity index (χ1v) is 40.7. The molecule has 0 unspecified atom stereocenters. The third kappa shape index (κ3) is 66.6. The van der Waals surface area contributed by atoms with Crippen molar-refractivity contribution in [3.8, 4) is 0 Å². The van der Waals surface area contributed by atoms with Crippen LogP contribution in [0.15, 0.2) is 0 Å². The number of carbonyl (C=O) groups is 6. The first-order chi connectivity index (χ1) is 46.0. The van der Waals surface area contributed by atoms with Crippen LogP contribution in [-0.2, 0) is 28.8 Å². The average molecular weight is 1330 g/mol. The summed E-state index contributed by atoms with van der Waals surface area (Å²) < 4.78 is 0. The van der Waals surface area contributed by atoms with Crippen LogP contribution >= 0.6 is 0 Å². The SMILES string of the molecule is CCCCCCCCCCCCCCC(=O)CN(CCNC(=O)CCN(CCO)CCN(CCO)CCC(=O)NCCN(CC(=O)CCCCCCCCCCCCCC)CC(=O)CCCCCCCCCCCCCC)CC(=O)CCCCCCCCCCCCCC. The molecule has 554 valence electrons. The van der Waals surface area contributed by atoms with Gasteiger partial charge in [0.05, 0.1) is 39.4 Å². The molecule has 0 saturated carbocycles. The van der Waals surface area contributed by atoms with Crippen molar-refractivity contribution in [1.29, 1.82) is 0 Å². The summed E-state index contributed by atoms with van der Waals surface area (Å²) in [6.07, 6.45) is 62.1. The molecule has 4 N–H and O–H groups in total. The van der Waals surface area contributed by atoms with Gasteiger partial charge in [-0.25, -0.2) is 0 Å². The molecule has 0 rings (SSSR count). The van der Waals surface area contributed by atoms with E-state index in [2.05, 4.69) is 38.3 Å². The number of amides is 2. The first kappa shape index (κ1) is 91.4. The maximum Gasteiger partial charge on any atom is 0.221 e. The zero-order chi connectivity index (χ0) is 68.7. The molecule has 14 nitrogen and oxygen atoms in total. The van der Waals surface area contributed by atoms with E-state index in [0.717, 1.165) is 77.0 Å². The molecule has 2 amide bonds. The van der Waals surface area contributed by atoms with Gasteiger partial charge in [0.1, 0.15) is 23.1 Å². The van der Waals surface area contributed by atoms with Gasteiger partial charge in [-0.2, -0.15) is 0 Å². The van der Waals surface area contributed by atoms with E-state index in [9.17, 15) is 39.0 Å². The number of hydrogen-bond acceptors (Lipinski definition) is 12. The molecular formula is C80H156N6O8. The molecule has 0 saturated heterocycles. The van der Waals surface area contributed by atoms with Gasteiger partial charge in [-0.05, 0) is 25.7 Å². The van der Waals surface area contributed by atoms with E-state index in [1.807, 2.05) is 19.6 Å². The van der Waals surface area contributed by atoms with Gasteiger partial charge in [0.15, 0.2) is 0 Å². The van der Waals surface area contributed by atoms with Crippen molar-refractivity contribution in [2.45, 2.75) is 374 Å². The first-order valence-electron chi connectivity index (χ1n) is 40.7. The Morgan fingerprint density at radius 3 is 0.606 bits per heavy atom. The third-order valence-electron chi connectivity index (χ3n) is 19.2. The average Bonchev–Trinajstić information content (AvgIpc) is 3.06. The van der Waals surface area contributed by atoms with E-state index in [-0.39, 0.29) is 87.2 Å². The largest absolute Gasteiger partial charge is 0.395 e. The van der Waals surface area contributed by atoms with Crippen LogP contribution in [0.1, 0.15) is 374 Å². The summed E-state index contributed by atoms with van der Waals surface area (Å²) in [5.41, 5.74) is 0. The van der Waals surface area contributed by atoms with Crippen molar-refractivity contribution < 1.29 is 39.0 Å². The number of aliphatic hydroxyl groups excluding tert-OH is 2. The van der Waals surface area contributed by atoms with Crippen LogP contribution in [0.25, 0.3) is 0 Å². The van der Waals surface area contributed by atoms with Gasteiger partial charge in [0.25, 0.3) is 0 Å². The molecule has 0 aliphatic rings. The van der Waals surface area contributed by atoms with E-state index in [4.69, 9.17) is 0 Å². The lowest BCUT2D eigenvalue weighted by atomic mass is 10.0. The number of Topliss-reactive ketones (excluding diaryl/α,β-unsaturated/α-hetero) is 4. The van der Waals surface area contributed by atoms with Crippen molar-refractivity contribution in [2.24, 2.45) is 0 Å². The van der Waals surface area contributed by atoms with Crippen LogP contribution in [-0.4, -0.2) is 170 Å². The summed E-state index contributed by atoms with van der Waals surface area (Å²) >= 11 is 0. The molecule has 0 heterocycles. The monoisotopic (exact) mass is 1330 g/mol. The normalized spacial score (nSPS) is 11.7. The molecule has 0 fully saturated rings. The fourth-order valence-corrected chi connectivity index (χ4v) is 13.0. The minimum atomic E-state index is -0.135. The van der Waals surface area contributed by atoms with Gasteiger partial charge in [0.2, 0.25) is 11.8 Å². The van der Waals surface area contributed by atoms with Crippen molar-refractivity contribution in [3.63, 3.8) is 0 Å². The molecule has 0 aliphatic heterocycles. The zero-order valence-corrected chi connectivity index (χ0v) is 62.6. The molecule has 0 radical (unpaired) electrons. The van der Waals surface area contributed by atoms with E-state index in [0.29, 0.717) is 91.1 Å². The highest BCUT2D eigenvalue weighted by molar-refractivity contribution is 5.84. The zero-order valence-electron chi connectivity index (χ0n) is 62.6. The summed E-state index contributed by atoms with van der Waals surface area (Å²) in [5.74, 6) is 0.349. The highest BCUT2D eigenvalue weighted by Gasteiger charge is 2.19. The topological polar surface area (TPSA) is 180 Å². The van der Waals surface area contributed by atoms with Crippen molar-refractivity contribution in [1.82, 2.24) is 30.2 Å². The van der Waals surface area contributed by atoms with Gasteiger partial charge in [-0.1, -0.05) is 310 Å². The second kappa shape index (κ2) is 73.1. The highest BCUT2D eigenvalue weighted by Crippen LogP contribution is 2.18. The maximum atomic E-state index is 13.3. The van der Waals surface area contributed by atoms with Crippen molar-refractivity contribution in [3.05, 3.63) is 0 Å². The van der Waals surface area contributed by atoms with Crippen molar-refractivity contribution >= 4 is 34.9 Å². The molecule has 94 heavy (non-hydrogen) atoms. The van der Waals surface area contributed by atoms with E-state index < -0.39 is 0 Å². The smallest absolute Gasteiger partial charge is 0.221 e. The number of aliphatic hydroxyl groups is 2.